The maximum absolute atomic E-state index is 5.76. The Balaban J connectivity index is 1.56. The van der Waals surface area contributed by atoms with E-state index in [0.29, 0.717) is 12.6 Å². The fourth-order valence-corrected chi connectivity index (χ4v) is 4.95. The van der Waals surface area contributed by atoms with Crippen LogP contribution in [0.4, 0.5) is 0 Å². The molecule has 0 bridgehead atoms. The third-order valence-corrected chi connectivity index (χ3v) is 6.29. The largest absolute Gasteiger partial charge is 0.467 e. The van der Waals surface area contributed by atoms with Crippen LogP contribution in [-0.2, 0) is 6.54 Å². The summed E-state index contributed by atoms with van der Waals surface area (Å²) in [6.07, 6.45) is 10.9. The molecule has 2 fully saturated rings. The van der Waals surface area contributed by atoms with Crippen molar-refractivity contribution in [2.75, 3.05) is 0 Å². The molecule has 1 aliphatic heterocycles. The number of nitrogens with zero attached hydrogens (tertiary/aromatic N) is 3. The number of nitrogens with one attached hydrogen (secondary N) is 1. The van der Waals surface area contributed by atoms with Gasteiger partial charge in [0.2, 0.25) is 0 Å². The second kappa shape index (κ2) is 7.43. The molecule has 144 valence electrons. The quantitative estimate of drug-likeness (QED) is 0.634. The minimum atomic E-state index is 0.0127. The van der Waals surface area contributed by atoms with Crippen molar-refractivity contribution in [2.24, 2.45) is 0 Å². The third kappa shape index (κ3) is 3.11. The van der Waals surface area contributed by atoms with Crippen molar-refractivity contribution in [3.8, 4) is 0 Å². The molecule has 2 aliphatic rings. The lowest BCUT2D eigenvalue weighted by Crippen LogP contribution is -2.30. The highest BCUT2D eigenvalue weighted by atomic mass is 32.1. The van der Waals surface area contributed by atoms with E-state index in [1.165, 1.54) is 31.4 Å². The first kappa shape index (κ1) is 17.5. The number of hydrogen-bond acceptors (Lipinski definition) is 3. The van der Waals surface area contributed by atoms with E-state index < -0.39 is 0 Å². The summed E-state index contributed by atoms with van der Waals surface area (Å²) in [5.74, 6) is 0.912. The van der Waals surface area contributed by atoms with E-state index in [4.69, 9.17) is 16.6 Å². The van der Waals surface area contributed by atoms with Crippen molar-refractivity contribution in [3.05, 3.63) is 78.3 Å². The van der Waals surface area contributed by atoms with E-state index in [0.717, 1.165) is 16.6 Å². The number of thiocarbonyl (C=S) groups is 1. The average Bonchev–Trinajstić information content (AvgIpc) is 3.51. The molecule has 2 unspecified atom stereocenters. The van der Waals surface area contributed by atoms with Crippen molar-refractivity contribution < 1.29 is 4.42 Å². The zero-order valence-electron chi connectivity index (χ0n) is 15.7. The Labute approximate surface area is 170 Å². The van der Waals surface area contributed by atoms with E-state index in [2.05, 4.69) is 44.2 Å². The van der Waals surface area contributed by atoms with Gasteiger partial charge in [0.15, 0.2) is 5.11 Å². The van der Waals surface area contributed by atoms with Gasteiger partial charge in [-0.25, -0.2) is 0 Å². The van der Waals surface area contributed by atoms with Crippen LogP contribution in [0.2, 0.25) is 0 Å². The van der Waals surface area contributed by atoms with Crippen LogP contribution in [0.25, 0.3) is 0 Å². The van der Waals surface area contributed by atoms with Gasteiger partial charge in [0.25, 0.3) is 0 Å². The fourth-order valence-electron chi connectivity index (χ4n) is 4.64. The molecule has 0 spiro atoms. The van der Waals surface area contributed by atoms with Gasteiger partial charge >= 0.3 is 0 Å². The van der Waals surface area contributed by atoms with Gasteiger partial charge in [-0.1, -0.05) is 18.9 Å². The fraction of sp³-hybridized carbons (Fsp3) is 0.364. The molecule has 1 aliphatic carbocycles. The Hall–Kier alpha value is -2.60. The second-order valence-corrected chi connectivity index (χ2v) is 8.00. The van der Waals surface area contributed by atoms with E-state index in [1.54, 1.807) is 6.26 Å². The number of rotatable bonds is 5. The first-order valence-electron chi connectivity index (χ1n) is 9.98. The van der Waals surface area contributed by atoms with Gasteiger partial charge in [-0.2, -0.15) is 0 Å². The first-order valence-corrected chi connectivity index (χ1v) is 10.4. The van der Waals surface area contributed by atoms with E-state index >= 15 is 0 Å². The average molecular weight is 393 g/mol. The zero-order valence-corrected chi connectivity index (χ0v) is 16.5. The van der Waals surface area contributed by atoms with Gasteiger partial charge in [-0.3, -0.25) is 4.98 Å². The summed E-state index contributed by atoms with van der Waals surface area (Å²) >= 11 is 5.76. The summed E-state index contributed by atoms with van der Waals surface area (Å²) in [7, 11) is 0. The smallest absolute Gasteiger partial charge is 0.170 e. The molecule has 1 saturated carbocycles. The van der Waals surface area contributed by atoms with Crippen molar-refractivity contribution >= 4 is 17.3 Å². The Bertz CT molecular complexity index is 931. The minimum absolute atomic E-state index is 0.0127. The topological polar surface area (TPSA) is 46.2 Å². The Morgan fingerprint density at radius 3 is 2.75 bits per heavy atom. The van der Waals surface area contributed by atoms with Crippen LogP contribution in [0.1, 0.15) is 61.0 Å². The summed E-state index contributed by atoms with van der Waals surface area (Å²) in [6.45, 7) is 0.642. The van der Waals surface area contributed by atoms with Crippen molar-refractivity contribution in [1.82, 2.24) is 19.8 Å². The molecular formula is C22H24N4OS. The maximum atomic E-state index is 5.76. The SMILES string of the molecule is S=C1NC(c2ccccn2)C(c2cccn2C2CCCC2)N1Cc1ccco1. The van der Waals surface area contributed by atoms with Crippen molar-refractivity contribution in [2.45, 2.75) is 50.4 Å². The lowest BCUT2D eigenvalue weighted by molar-refractivity contribution is 0.271. The lowest BCUT2D eigenvalue weighted by Gasteiger charge is -2.29. The second-order valence-electron chi connectivity index (χ2n) is 7.61. The van der Waals surface area contributed by atoms with Crippen molar-refractivity contribution in [3.63, 3.8) is 0 Å². The molecule has 5 nitrogen and oxygen atoms in total. The molecule has 3 aromatic heterocycles. The molecule has 1 saturated heterocycles. The van der Waals surface area contributed by atoms with Gasteiger partial charge in [-0.15, -0.1) is 0 Å². The standard InChI is InChI=1S/C22H24N4OS/c28-22-24-20(18-10-3-4-12-23-18)21(26(22)15-17-9-6-14-27-17)19-11-5-13-25(19)16-7-1-2-8-16/h3-6,9-14,16,20-21H,1-2,7-8,15H2,(H,24,28). The van der Waals surface area contributed by atoms with Gasteiger partial charge < -0.3 is 19.2 Å². The van der Waals surface area contributed by atoms with Crippen LogP contribution < -0.4 is 5.32 Å². The monoisotopic (exact) mass is 392 g/mol. The number of aromatic nitrogens is 2. The van der Waals surface area contributed by atoms with Gasteiger partial charge in [0.05, 0.1) is 30.6 Å². The maximum Gasteiger partial charge on any atom is 0.170 e. The van der Waals surface area contributed by atoms with Crippen LogP contribution >= 0.6 is 12.2 Å². The number of pyridine rings is 1. The lowest BCUT2D eigenvalue weighted by atomic mass is 10.0. The molecule has 0 radical (unpaired) electrons. The summed E-state index contributed by atoms with van der Waals surface area (Å²) < 4.78 is 8.10. The van der Waals surface area contributed by atoms with E-state index in [1.807, 2.05) is 30.5 Å². The molecule has 5 rings (SSSR count). The zero-order chi connectivity index (χ0) is 18.9. The van der Waals surface area contributed by atoms with E-state index in [-0.39, 0.29) is 12.1 Å². The van der Waals surface area contributed by atoms with Crippen LogP contribution in [0.15, 0.2) is 65.5 Å². The Kier molecular flexibility index (Phi) is 4.64. The highest BCUT2D eigenvalue weighted by molar-refractivity contribution is 7.80. The summed E-state index contributed by atoms with van der Waals surface area (Å²) in [6, 6.07) is 15.1. The van der Waals surface area contributed by atoms with Gasteiger partial charge in [0.1, 0.15) is 5.76 Å². The molecule has 0 aromatic carbocycles. The summed E-state index contributed by atoms with van der Waals surface area (Å²) in [5.41, 5.74) is 2.30. The molecule has 2 atom stereocenters. The summed E-state index contributed by atoms with van der Waals surface area (Å²) in [5, 5.41) is 4.28. The van der Waals surface area contributed by atoms with Crippen molar-refractivity contribution in [1.29, 1.82) is 0 Å². The Morgan fingerprint density at radius 2 is 2.00 bits per heavy atom. The summed E-state index contributed by atoms with van der Waals surface area (Å²) in [4.78, 5) is 6.88. The molecular weight excluding hydrogens is 368 g/mol. The molecule has 28 heavy (non-hydrogen) atoms. The van der Waals surface area contributed by atoms with Gasteiger partial charge in [-0.05, 0) is 61.5 Å². The highest BCUT2D eigenvalue weighted by Gasteiger charge is 2.42. The molecule has 1 N–H and O–H groups in total. The van der Waals surface area contributed by atoms with Crippen LogP contribution in [-0.4, -0.2) is 19.6 Å². The molecule has 4 heterocycles. The highest BCUT2D eigenvalue weighted by Crippen LogP contribution is 2.42. The molecule has 6 heteroatoms. The number of furan rings is 1. The minimum Gasteiger partial charge on any atom is -0.467 e. The van der Waals surface area contributed by atoms with Gasteiger partial charge in [0, 0.05) is 24.1 Å². The first-order chi connectivity index (χ1) is 13.8. The third-order valence-electron chi connectivity index (χ3n) is 5.94. The van der Waals surface area contributed by atoms with Crippen LogP contribution in [0.3, 0.4) is 0 Å². The normalized spacial score (nSPS) is 22.7. The predicted octanol–water partition coefficient (Wildman–Crippen LogP) is 4.76. The van der Waals surface area contributed by atoms with Crippen LogP contribution in [0, 0.1) is 0 Å². The molecule has 3 aromatic rings. The predicted molar refractivity (Wildman–Crippen MR) is 112 cm³/mol. The number of hydrogen-bond donors (Lipinski definition) is 1. The molecule has 0 amide bonds. The Morgan fingerprint density at radius 1 is 1.11 bits per heavy atom. The van der Waals surface area contributed by atoms with Crippen LogP contribution in [0.5, 0.6) is 0 Å². The van der Waals surface area contributed by atoms with E-state index in [9.17, 15) is 0 Å².